The topological polar surface area (TPSA) is 51.8 Å². The monoisotopic (exact) mass is 231 g/mol. The average Bonchev–Trinajstić information content (AvgIpc) is 2.32. The molecule has 17 heavy (non-hydrogen) atoms. The molecule has 2 aromatic rings. The number of aryl methyl sites for hydroxylation is 2. The van der Waals surface area contributed by atoms with Crippen LogP contribution in [0.1, 0.15) is 18.3 Å². The van der Waals surface area contributed by atoms with Gasteiger partial charge in [0.15, 0.2) is 0 Å². The molecule has 0 atom stereocenters. The fraction of sp³-hybridized carbons (Fsp3) is 0.231. The van der Waals surface area contributed by atoms with E-state index in [0.29, 0.717) is 17.2 Å². The molecule has 0 aliphatic carbocycles. The van der Waals surface area contributed by atoms with Gasteiger partial charge in [-0.25, -0.2) is 14.4 Å². The van der Waals surface area contributed by atoms with Gasteiger partial charge < -0.3 is 5.73 Å². The Morgan fingerprint density at radius 2 is 2.00 bits per heavy atom. The van der Waals surface area contributed by atoms with Crippen molar-refractivity contribution in [2.45, 2.75) is 20.3 Å². The molecule has 0 aliphatic rings. The minimum atomic E-state index is -0.216. The zero-order chi connectivity index (χ0) is 12.4. The van der Waals surface area contributed by atoms with Gasteiger partial charge in [-0.3, -0.25) is 0 Å². The number of anilines is 1. The summed E-state index contributed by atoms with van der Waals surface area (Å²) in [6, 6.07) is 6.60. The first-order valence-electron chi connectivity index (χ1n) is 5.50. The first-order valence-corrected chi connectivity index (χ1v) is 5.50. The summed E-state index contributed by atoms with van der Waals surface area (Å²) in [6.45, 7) is 3.69. The molecule has 0 saturated carbocycles. The van der Waals surface area contributed by atoms with Gasteiger partial charge in [-0.2, -0.15) is 0 Å². The highest BCUT2D eigenvalue weighted by Crippen LogP contribution is 2.21. The van der Waals surface area contributed by atoms with E-state index in [1.54, 1.807) is 25.1 Å². The third kappa shape index (κ3) is 2.41. The minimum Gasteiger partial charge on any atom is -0.384 e. The zero-order valence-corrected chi connectivity index (χ0v) is 9.87. The molecule has 2 rings (SSSR count). The highest BCUT2D eigenvalue weighted by Gasteiger charge is 2.06. The summed E-state index contributed by atoms with van der Waals surface area (Å²) in [5.74, 6) is 0.919. The Labute approximate surface area is 99.5 Å². The Balaban J connectivity index is 2.52. The van der Waals surface area contributed by atoms with Crippen molar-refractivity contribution in [1.82, 2.24) is 9.97 Å². The van der Waals surface area contributed by atoms with Gasteiger partial charge in [-0.05, 0) is 30.7 Å². The molecule has 4 heteroatoms. The van der Waals surface area contributed by atoms with E-state index in [1.807, 2.05) is 6.92 Å². The number of hydrogen-bond acceptors (Lipinski definition) is 3. The second-order valence-corrected chi connectivity index (χ2v) is 3.91. The Kier molecular flexibility index (Phi) is 3.04. The van der Waals surface area contributed by atoms with Crippen molar-refractivity contribution in [3.8, 4) is 11.3 Å². The smallest absolute Gasteiger partial charge is 0.131 e. The lowest BCUT2D eigenvalue weighted by molar-refractivity contribution is 0.619. The van der Waals surface area contributed by atoms with Crippen molar-refractivity contribution in [3.05, 3.63) is 41.5 Å². The van der Waals surface area contributed by atoms with Crippen LogP contribution in [0.2, 0.25) is 0 Å². The van der Waals surface area contributed by atoms with Gasteiger partial charge in [-0.1, -0.05) is 6.92 Å². The second-order valence-electron chi connectivity index (χ2n) is 3.91. The molecule has 1 heterocycles. The van der Waals surface area contributed by atoms with E-state index in [0.717, 1.165) is 17.7 Å². The maximum absolute atomic E-state index is 13.2. The number of rotatable bonds is 2. The predicted octanol–water partition coefficient (Wildman–Crippen LogP) is 2.74. The molecule has 0 unspecified atom stereocenters. The van der Waals surface area contributed by atoms with Gasteiger partial charge >= 0.3 is 0 Å². The highest BCUT2D eigenvalue weighted by atomic mass is 19.1. The summed E-state index contributed by atoms with van der Waals surface area (Å²) in [5, 5.41) is 0. The van der Waals surface area contributed by atoms with Crippen LogP contribution in [-0.4, -0.2) is 9.97 Å². The molecule has 88 valence electrons. The van der Waals surface area contributed by atoms with Crippen LogP contribution in [0.15, 0.2) is 24.3 Å². The number of halogens is 1. The van der Waals surface area contributed by atoms with Crippen LogP contribution >= 0.6 is 0 Å². The third-order valence-corrected chi connectivity index (χ3v) is 2.56. The van der Waals surface area contributed by atoms with E-state index >= 15 is 0 Å². The third-order valence-electron chi connectivity index (χ3n) is 2.56. The fourth-order valence-electron chi connectivity index (χ4n) is 1.63. The van der Waals surface area contributed by atoms with E-state index in [9.17, 15) is 4.39 Å². The van der Waals surface area contributed by atoms with E-state index in [4.69, 9.17) is 5.73 Å². The van der Waals surface area contributed by atoms with Gasteiger partial charge in [0, 0.05) is 18.1 Å². The standard InChI is InChI=1S/C13H14FN3/c1-3-13-16-11(7-12(15)17-13)9-4-5-10(14)8(2)6-9/h4-7H,3H2,1-2H3,(H2,15,16,17). The normalized spacial score (nSPS) is 10.5. The quantitative estimate of drug-likeness (QED) is 0.864. The number of nitrogens with zero attached hydrogens (tertiary/aromatic N) is 2. The molecule has 0 amide bonds. The van der Waals surface area contributed by atoms with E-state index in [2.05, 4.69) is 9.97 Å². The van der Waals surface area contributed by atoms with Crippen LogP contribution in [0.25, 0.3) is 11.3 Å². The van der Waals surface area contributed by atoms with Crippen LogP contribution in [-0.2, 0) is 6.42 Å². The summed E-state index contributed by atoms with van der Waals surface area (Å²) < 4.78 is 13.2. The maximum Gasteiger partial charge on any atom is 0.131 e. The number of nitrogen functional groups attached to an aromatic ring is 1. The van der Waals surface area contributed by atoms with Crippen molar-refractivity contribution in [3.63, 3.8) is 0 Å². The molecule has 1 aromatic carbocycles. The van der Waals surface area contributed by atoms with Gasteiger partial charge in [0.2, 0.25) is 0 Å². The van der Waals surface area contributed by atoms with Crippen molar-refractivity contribution in [2.24, 2.45) is 0 Å². The molecular weight excluding hydrogens is 217 g/mol. The summed E-state index contributed by atoms with van der Waals surface area (Å²) in [7, 11) is 0. The largest absolute Gasteiger partial charge is 0.384 e. The van der Waals surface area contributed by atoms with Crippen LogP contribution < -0.4 is 5.73 Å². The second kappa shape index (κ2) is 4.49. The van der Waals surface area contributed by atoms with E-state index < -0.39 is 0 Å². The van der Waals surface area contributed by atoms with Crippen molar-refractivity contribution >= 4 is 5.82 Å². The highest BCUT2D eigenvalue weighted by molar-refractivity contribution is 5.62. The SMILES string of the molecule is CCc1nc(N)cc(-c2ccc(F)c(C)c2)n1. The summed E-state index contributed by atoms with van der Waals surface area (Å²) in [6.07, 6.45) is 0.720. The van der Waals surface area contributed by atoms with Crippen LogP contribution in [0.3, 0.4) is 0 Å². The molecule has 3 nitrogen and oxygen atoms in total. The Hall–Kier alpha value is -1.97. The Morgan fingerprint density at radius 3 is 2.65 bits per heavy atom. The summed E-state index contributed by atoms with van der Waals surface area (Å²) in [4.78, 5) is 8.49. The zero-order valence-electron chi connectivity index (χ0n) is 9.87. The molecule has 0 fully saturated rings. The molecule has 0 aliphatic heterocycles. The first kappa shape index (κ1) is 11.5. The van der Waals surface area contributed by atoms with Gasteiger partial charge in [0.05, 0.1) is 5.69 Å². The van der Waals surface area contributed by atoms with Crippen LogP contribution in [0.4, 0.5) is 10.2 Å². The molecular formula is C13H14FN3. The molecule has 0 spiro atoms. The first-order chi connectivity index (χ1) is 8.10. The van der Waals surface area contributed by atoms with Crippen LogP contribution in [0.5, 0.6) is 0 Å². The predicted molar refractivity (Wildman–Crippen MR) is 66.0 cm³/mol. The lowest BCUT2D eigenvalue weighted by Crippen LogP contribution is -2.00. The molecule has 0 radical (unpaired) electrons. The van der Waals surface area contributed by atoms with Crippen molar-refractivity contribution < 1.29 is 4.39 Å². The Morgan fingerprint density at radius 1 is 1.24 bits per heavy atom. The van der Waals surface area contributed by atoms with Gasteiger partial charge in [0.25, 0.3) is 0 Å². The minimum absolute atomic E-state index is 0.216. The fourth-order valence-corrected chi connectivity index (χ4v) is 1.63. The summed E-state index contributed by atoms with van der Waals surface area (Å²) >= 11 is 0. The Bertz CT molecular complexity index is 552. The van der Waals surface area contributed by atoms with Crippen molar-refractivity contribution in [2.75, 3.05) is 5.73 Å². The van der Waals surface area contributed by atoms with Gasteiger partial charge in [-0.15, -0.1) is 0 Å². The van der Waals surface area contributed by atoms with E-state index in [-0.39, 0.29) is 5.82 Å². The number of aromatic nitrogens is 2. The lowest BCUT2D eigenvalue weighted by atomic mass is 10.1. The average molecular weight is 231 g/mol. The van der Waals surface area contributed by atoms with Crippen molar-refractivity contribution in [1.29, 1.82) is 0 Å². The number of nitrogens with two attached hydrogens (primary N) is 1. The molecule has 1 aromatic heterocycles. The number of hydrogen-bond donors (Lipinski definition) is 1. The molecule has 0 bridgehead atoms. The van der Waals surface area contributed by atoms with E-state index in [1.165, 1.54) is 6.07 Å². The maximum atomic E-state index is 13.2. The molecule has 0 saturated heterocycles. The summed E-state index contributed by atoms with van der Waals surface area (Å²) in [5.41, 5.74) is 7.90. The number of benzene rings is 1. The van der Waals surface area contributed by atoms with Gasteiger partial charge in [0.1, 0.15) is 17.5 Å². The lowest BCUT2D eigenvalue weighted by Gasteiger charge is -2.06. The van der Waals surface area contributed by atoms with Crippen LogP contribution in [0, 0.1) is 12.7 Å². The molecule has 2 N–H and O–H groups in total.